The van der Waals surface area contributed by atoms with Gasteiger partial charge >= 0.3 is 5.97 Å². The van der Waals surface area contributed by atoms with Gasteiger partial charge in [-0.25, -0.2) is 4.79 Å². The summed E-state index contributed by atoms with van der Waals surface area (Å²) in [6.45, 7) is 3.30. The fourth-order valence-corrected chi connectivity index (χ4v) is 4.04. The molecule has 0 amide bonds. The van der Waals surface area contributed by atoms with Crippen molar-refractivity contribution in [3.63, 3.8) is 0 Å². The first-order valence-corrected chi connectivity index (χ1v) is 10.7. The van der Waals surface area contributed by atoms with Crippen molar-refractivity contribution in [2.24, 2.45) is 0 Å². The molecule has 3 aromatic carbocycles. The number of rotatable bonds is 7. The Hall–Kier alpha value is -2.99. The SMILES string of the molecule is O=C(OC[C@H]1C[NH+](Cc2ccccc2)CCO1)C(O)(c1ccccc1)c1ccccc1. The summed E-state index contributed by atoms with van der Waals surface area (Å²) in [5, 5.41) is 11.5. The smallest absolute Gasteiger partial charge is 0.347 e. The molecule has 0 aliphatic carbocycles. The molecule has 0 saturated carbocycles. The van der Waals surface area contributed by atoms with Crippen molar-refractivity contribution in [1.82, 2.24) is 0 Å². The van der Waals surface area contributed by atoms with Gasteiger partial charge in [-0.3, -0.25) is 0 Å². The van der Waals surface area contributed by atoms with Crippen molar-refractivity contribution in [1.29, 1.82) is 0 Å². The summed E-state index contributed by atoms with van der Waals surface area (Å²) in [5.41, 5.74) is 0.366. The minimum absolute atomic E-state index is 0.110. The molecule has 31 heavy (non-hydrogen) atoms. The Morgan fingerprint density at radius 1 is 0.935 bits per heavy atom. The summed E-state index contributed by atoms with van der Waals surface area (Å²) < 4.78 is 11.5. The number of aliphatic hydroxyl groups is 1. The van der Waals surface area contributed by atoms with E-state index < -0.39 is 11.6 Å². The van der Waals surface area contributed by atoms with Gasteiger partial charge < -0.3 is 19.5 Å². The number of ether oxygens (including phenoxy) is 2. The monoisotopic (exact) mass is 418 g/mol. The Kier molecular flexibility index (Phi) is 6.77. The molecule has 5 nitrogen and oxygen atoms in total. The van der Waals surface area contributed by atoms with Crippen LogP contribution in [0, 0.1) is 0 Å². The lowest BCUT2D eigenvalue weighted by Gasteiger charge is -2.31. The average molecular weight is 419 g/mol. The quantitative estimate of drug-likeness (QED) is 0.576. The van der Waals surface area contributed by atoms with Gasteiger partial charge in [-0.1, -0.05) is 91.0 Å². The van der Waals surface area contributed by atoms with Crippen molar-refractivity contribution >= 4 is 5.97 Å². The molecule has 1 aliphatic heterocycles. The second-order valence-electron chi connectivity index (χ2n) is 7.90. The molecule has 2 N–H and O–H groups in total. The molecule has 1 saturated heterocycles. The number of nitrogens with one attached hydrogen (secondary N) is 1. The molecule has 1 heterocycles. The molecule has 1 unspecified atom stereocenters. The van der Waals surface area contributed by atoms with Crippen molar-refractivity contribution in [3.05, 3.63) is 108 Å². The summed E-state index contributed by atoms with van der Waals surface area (Å²) in [4.78, 5) is 14.5. The number of carbonyl (C=O) groups is 1. The van der Waals surface area contributed by atoms with Crippen LogP contribution in [0.4, 0.5) is 0 Å². The van der Waals surface area contributed by atoms with Gasteiger partial charge in [-0.05, 0) is 11.1 Å². The zero-order chi connectivity index (χ0) is 21.5. The first kappa shape index (κ1) is 21.2. The molecule has 160 valence electrons. The lowest BCUT2D eigenvalue weighted by atomic mass is 9.86. The number of hydrogen-bond acceptors (Lipinski definition) is 4. The second-order valence-corrected chi connectivity index (χ2v) is 7.90. The predicted octanol–water partition coefficient (Wildman–Crippen LogP) is 1.95. The van der Waals surface area contributed by atoms with Crippen molar-refractivity contribution < 1.29 is 24.3 Å². The first-order valence-electron chi connectivity index (χ1n) is 10.7. The summed E-state index contributed by atoms with van der Waals surface area (Å²) in [7, 11) is 0. The minimum Gasteiger partial charge on any atom is -0.460 e. The largest absolute Gasteiger partial charge is 0.460 e. The number of benzene rings is 3. The van der Waals surface area contributed by atoms with Crippen LogP contribution in [0.1, 0.15) is 16.7 Å². The lowest BCUT2D eigenvalue weighted by Crippen LogP contribution is -3.13. The number of carbonyl (C=O) groups excluding carboxylic acids is 1. The van der Waals surface area contributed by atoms with Crippen LogP contribution in [-0.4, -0.2) is 43.5 Å². The zero-order valence-electron chi connectivity index (χ0n) is 17.4. The first-order chi connectivity index (χ1) is 15.2. The lowest BCUT2D eigenvalue weighted by molar-refractivity contribution is -0.925. The third kappa shape index (κ3) is 5.02. The van der Waals surface area contributed by atoms with Crippen LogP contribution in [0.5, 0.6) is 0 Å². The van der Waals surface area contributed by atoms with E-state index in [2.05, 4.69) is 12.1 Å². The number of quaternary nitrogens is 1. The van der Waals surface area contributed by atoms with Crippen molar-refractivity contribution in [2.75, 3.05) is 26.3 Å². The standard InChI is InChI=1S/C26H27NO4/c28-25(26(29,22-12-6-2-7-13-22)23-14-8-3-9-15-23)31-20-24-19-27(16-17-30-24)18-21-10-4-1-5-11-21/h1-15,24,29H,16-20H2/p+1/t24-/m1/s1. The number of hydrogen-bond donors (Lipinski definition) is 2. The maximum Gasteiger partial charge on any atom is 0.347 e. The zero-order valence-corrected chi connectivity index (χ0v) is 17.4. The summed E-state index contributed by atoms with van der Waals surface area (Å²) in [6.07, 6.45) is -0.202. The highest BCUT2D eigenvalue weighted by atomic mass is 16.6. The van der Waals surface area contributed by atoms with Gasteiger partial charge in [0, 0.05) is 5.56 Å². The molecular weight excluding hydrogens is 390 g/mol. The maximum atomic E-state index is 13.1. The highest BCUT2D eigenvalue weighted by Crippen LogP contribution is 2.31. The Bertz CT molecular complexity index is 923. The van der Waals surface area contributed by atoms with E-state index in [4.69, 9.17) is 9.47 Å². The molecule has 0 radical (unpaired) electrons. The van der Waals surface area contributed by atoms with E-state index in [9.17, 15) is 9.90 Å². The van der Waals surface area contributed by atoms with E-state index in [1.165, 1.54) is 10.5 Å². The van der Waals surface area contributed by atoms with Gasteiger partial charge in [-0.15, -0.1) is 0 Å². The normalized spacial score (nSPS) is 19.0. The Balaban J connectivity index is 1.43. The van der Waals surface area contributed by atoms with E-state index in [1.54, 1.807) is 48.5 Å². The Labute approximate surface area is 182 Å². The van der Waals surface area contributed by atoms with Crippen molar-refractivity contribution in [3.8, 4) is 0 Å². The second kappa shape index (κ2) is 9.88. The molecule has 5 heteroatoms. The van der Waals surface area contributed by atoms with Gasteiger partial charge in [0.15, 0.2) is 0 Å². The van der Waals surface area contributed by atoms with E-state index in [-0.39, 0.29) is 12.7 Å². The molecule has 0 aromatic heterocycles. The van der Waals surface area contributed by atoms with Gasteiger partial charge in [-0.2, -0.15) is 0 Å². The molecule has 1 aliphatic rings. The van der Waals surface area contributed by atoms with Crippen LogP contribution >= 0.6 is 0 Å². The van der Waals surface area contributed by atoms with Crippen LogP contribution in [-0.2, 0) is 26.4 Å². The summed E-state index contributed by atoms with van der Waals surface area (Å²) >= 11 is 0. The van der Waals surface area contributed by atoms with E-state index in [0.717, 1.165) is 19.6 Å². The minimum atomic E-state index is -1.87. The number of morpholine rings is 1. The van der Waals surface area contributed by atoms with Crippen LogP contribution in [0.15, 0.2) is 91.0 Å². The van der Waals surface area contributed by atoms with Gasteiger partial charge in [0.05, 0.1) is 6.61 Å². The van der Waals surface area contributed by atoms with E-state index >= 15 is 0 Å². The molecule has 1 fully saturated rings. The van der Waals surface area contributed by atoms with Crippen LogP contribution < -0.4 is 4.90 Å². The average Bonchev–Trinajstić information content (AvgIpc) is 2.84. The topological polar surface area (TPSA) is 60.2 Å². The van der Waals surface area contributed by atoms with E-state index in [0.29, 0.717) is 17.7 Å². The van der Waals surface area contributed by atoms with Crippen LogP contribution in [0.25, 0.3) is 0 Å². The molecule has 0 spiro atoms. The fraction of sp³-hybridized carbons (Fsp3) is 0.269. The van der Waals surface area contributed by atoms with Gasteiger partial charge in [0.2, 0.25) is 5.60 Å². The molecular formula is C26H28NO4+. The maximum absolute atomic E-state index is 13.1. The van der Waals surface area contributed by atoms with Gasteiger partial charge in [0.25, 0.3) is 0 Å². The highest BCUT2D eigenvalue weighted by molar-refractivity contribution is 5.85. The van der Waals surface area contributed by atoms with E-state index in [1.807, 2.05) is 30.3 Å². The molecule has 2 atom stereocenters. The molecule has 4 rings (SSSR count). The predicted molar refractivity (Wildman–Crippen MR) is 117 cm³/mol. The van der Waals surface area contributed by atoms with Gasteiger partial charge in [0.1, 0.15) is 32.3 Å². The summed E-state index contributed by atoms with van der Waals surface area (Å²) in [6, 6.07) is 28.2. The van der Waals surface area contributed by atoms with Crippen molar-refractivity contribution in [2.45, 2.75) is 18.2 Å². The molecule has 0 bridgehead atoms. The Morgan fingerprint density at radius 3 is 2.06 bits per heavy atom. The fourth-order valence-electron chi connectivity index (χ4n) is 4.04. The number of esters is 1. The van der Waals surface area contributed by atoms with Crippen LogP contribution in [0.2, 0.25) is 0 Å². The Morgan fingerprint density at radius 2 is 1.48 bits per heavy atom. The third-order valence-electron chi connectivity index (χ3n) is 5.70. The van der Waals surface area contributed by atoms with Crippen LogP contribution in [0.3, 0.4) is 0 Å². The highest BCUT2D eigenvalue weighted by Gasteiger charge is 2.42. The summed E-state index contributed by atoms with van der Waals surface area (Å²) in [5.74, 6) is -0.691. The third-order valence-corrected chi connectivity index (χ3v) is 5.70. The molecule has 3 aromatic rings.